The Kier molecular flexibility index (Phi) is 5.09. The van der Waals surface area contributed by atoms with E-state index in [1.807, 2.05) is 0 Å². The van der Waals surface area contributed by atoms with E-state index in [1.54, 1.807) is 18.2 Å². The highest BCUT2D eigenvalue weighted by atomic mass is 79.9. The monoisotopic (exact) mass is 361 g/mol. The Morgan fingerprint density at radius 3 is 2.50 bits per heavy atom. The lowest BCUT2D eigenvalue weighted by atomic mass is 9.88. The normalized spacial score (nSPS) is 23.6. The summed E-state index contributed by atoms with van der Waals surface area (Å²) in [5, 5.41) is 0. The first-order valence-electron chi connectivity index (χ1n) is 6.78. The molecule has 1 aromatic carbocycles. The Morgan fingerprint density at radius 2 is 1.90 bits per heavy atom. The molecule has 0 aliphatic heterocycles. The van der Waals surface area contributed by atoms with Gasteiger partial charge in [0.1, 0.15) is 10.6 Å². The van der Waals surface area contributed by atoms with Gasteiger partial charge in [-0.15, -0.1) is 0 Å². The topological polar surface area (TPSA) is 55.4 Å². The molecule has 0 bridgehead atoms. The molecule has 1 aliphatic carbocycles. The zero-order chi connectivity index (χ0) is 14.8. The van der Waals surface area contributed by atoms with Crippen LogP contribution in [0.15, 0.2) is 27.6 Å². The number of halogens is 1. The maximum absolute atomic E-state index is 12.5. The van der Waals surface area contributed by atoms with Gasteiger partial charge in [0.15, 0.2) is 0 Å². The Labute approximate surface area is 129 Å². The molecule has 0 radical (unpaired) electrons. The summed E-state index contributed by atoms with van der Waals surface area (Å²) in [7, 11) is -2.07. The lowest BCUT2D eigenvalue weighted by molar-refractivity contribution is 0.331. The molecule has 1 saturated carbocycles. The van der Waals surface area contributed by atoms with E-state index in [2.05, 4.69) is 27.6 Å². The molecule has 1 N–H and O–H groups in total. The largest absolute Gasteiger partial charge is 0.495 e. The third kappa shape index (κ3) is 3.74. The molecule has 0 saturated heterocycles. The second kappa shape index (κ2) is 6.45. The fourth-order valence-corrected chi connectivity index (χ4v) is 4.53. The Morgan fingerprint density at radius 1 is 1.25 bits per heavy atom. The first-order chi connectivity index (χ1) is 9.42. The molecule has 0 heterocycles. The van der Waals surface area contributed by atoms with Gasteiger partial charge in [-0.2, -0.15) is 0 Å². The predicted molar refractivity (Wildman–Crippen MR) is 82.4 cm³/mol. The highest BCUT2D eigenvalue weighted by molar-refractivity contribution is 9.10. The molecule has 1 aromatic rings. The molecule has 0 amide bonds. The summed E-state index contributed by atoms with van der Waals surface area (Å²) in [6, 6.07) is 5.02. The van der Waals surface area contributed by atoms with Crippen molar-refractivity contribution in [2.75, 3.05) is 7.11 Å². The molecule has 2 rings (SSSR count). The summed E-state index contributed by atoms with van der Waals surface area (Å²) in [6.45, 7) is 2.21. The first kappa shape index (κ1) is 15.8. The van der Waals surface area contributed by atoms with Crippen molar-refractivity contribution in [3.8, 4) is 5.75 Å². The molecule has 6 heteroatoms. The van der Waals surface area contributed by atoms with E-state index in [0.717, 1.165) is 30.2 Å². The standard InChI is InChI=1S/C14H20BrNO3S/c1-10-3-6-12(7-4-10)16-20(17,18)14-9-11(15)5-8-13(14)19-2/h5,8-10,12,16H,3-4,6-7H2,1-2H3. The molecule has 0 atom stereocenters. The van der Waals surface area contributed by atoms with E-state index in [0.29, 0.717) is 11.7 Å². The average Bonchev–Trinajstić information content (AvgIpc) is 2.41. The second-order valence-corrected chi connectivity index (χ2v) is 7.97. The van der Waals surface area contributed by atoms with E-state index in [1.165, 1.54) is 7.11 Å². The summed E-state index contributed by atoms with van der Waals surface area (Å²) in [5.41, 5.74) is 0. The average molecular weight is 362 g/mol. The first-order valence-corrected chi connectivity index (χ1v) is 9.06. The fraction of sp³-hybridized carbons (Fsp3) is 0.571. The van der Waals surface area contributed by atoms with Crippen LogP contribution >= 0.6 is 15.9 Å². The summed E-state index contributed by atoms with van der Waals surface area (Å²) in [5.74, 6) is 1.06. The third-order valence-electron chi connectivity index (χ3n) is 3.75. The van der Waals surface area contributed by atoms with Crippen LogP contribution in [0.2, 0.25) is 0 Å². The van der Waals surface area contributed by atoms with E-state index in [4.69, 9.17) is 4.74 Å². The Balaban J connectivity index is 2.20. The van der Waals surface area contributed by atoms with Crippen molar-refractivity contribution >= 4 is 26.0 Å². The smallest absolute Gasteiger partial charge is 0.244 e. The minimum absolute atomic E-state index is 0.0277. The summed E-state index contributed by atoms with van der Waals surface area (Å²) in [4.78, 5) is 0.188. The predicted octanol–water partition coefficient (Wildman–Crippen LogP) is 3.31. The van der Waals surface area contributed by atoms with E-state index in [-0.39, 0.29) is 10.9 Å². The van der Waals surface area contributed by atoms with E-state index < -0.39 is 10.0 Å². The van der Waals surface area contributed by atoms with Gasteiger partial charge in [0.25, 0.3) is 0 Å². The summed E-state index contributed by atoms with van der Waals surface area (Å²) < 4.78 is 33.7. The SMILES string of the molecule is COc1ccc(Br)cc1S(=O)(=O)NC1CCC(C)CC1. The number of hydrogen-bond donors (Lipinski definition) is 1. The van der Waals surface area contributed by atoms with Gasteiger partial charge in [-0.1, -0.05) is 22.9 Å². The number of nitrogens with one attached hydrogen (secondary N) is 1. The molecular weight excluding hydrogens is 342 g/mol. The lowest BCUT2D eigenvalue weighted by Crippen LogP contribution is -2.37. The van der Waals surface area contributed by atoms with Crippen molar-refractivity contribution in [2.45, 2.75) is 43.5 Å². The lowest BCUT2D eigenvalue weighted by Gasteiger charge is -2.27. The minimum atomic E-state index is -3.55. The maximum Gasteiger partial charge on any atom is 0.244 e. The van der Waals surface area contributed by atoms with Gasteiger partial charge >= 0.3 is 0 Å². The van der Waals surface area contributed by atoms with Crippen LogP contribution in [0.4, 0.5) is 0 Å². The van der Waals surface area contributed by atoms with Gasteiger partial charge in [0.2, 0.25) is 10.0 Å². The van der Waals surface area contributed by atoms with Gasteiger partial charge in [0.05, 0.1) is 7.11 Å². The number of rotatable bonds is 4. The number of benzene rings is 1. The molecule has 0 aromatic heterocycles. The van der Waals surface area contributed by atoms with Gasteiger partial charge in [-0.05, 0) is 49.8 Å². The Hall–Kier alpha value is -0.590. The van der Waals surface area contributed by atoms with Crippen molar-refractivity contribution in [1.29, 1.82) is 0 Å². The quantitative estimate of drug-likeness (QED) is 0.894. The van der Waals surface area contributed by atoms with Crippen molar-refractivity contribution in [3.63, 3.8) is 0 Å². The van der Waals surface area contributed by atoms with Gasteiger partial charge < -0.3 is 4.74 Å². The van der Waals surface area contributed by atoms with Crippen LogP contribution in [0.1, 0.15) is 32.6 Å². The maximum atomic E-state index is 12.5. The molecule has 0 spiro atoms. The minimum Gasteiger partial charge on any atom is -0.495 e. The molecule has 4 nitrogen and oxygen atoms in total. The third-order valence-corrected chi connectivity index (χ3v) is 5.79. The highest BCUT2D eigenvalue weighted by Gasteiger charge is 2.26. The van der Waals surface area contributed by atoms with Gasteiger partial charge in [-0.3, -0.25) is 0 Å². The van der Waals surface area contributed by atoms with Crippen LogP contribution in [0, 0.1) is 5.92 Å². The number of hydrogen-bond acceptors (Lipinski definition) is 3. The Bertz CT molecular complexity index is 566. The fourth-order valence-electron chi connectivity index (χ4n) is 2.52. The second-order valence-electron chi connectivity index (χ2n) is 5.37. The van der Waals surface area contributed by atoms with Crippen LogP contribution in [0.5, 0.6) is 5.75 Å². The van der Waals surface area contributed by atoms with Gasteiger partial charge in [0, 0.05) is 10.5 Å². The zero-order valence-electron chi connectivity index (χ0n) is 11.7. The highest BCUT2D eigenvalue weighted by Crippen LogP contribution is 2.29. The molecular formula is C14H20BrNO3S. The zero-order valence-corrected chi connectivity index (χ0v) is 14.1. The number of sulfonamides is 1. The van der Waals surface area contributed by atoms with Crippen LogP contribution in [0.25, 0.3) is 0 Å². The van der Waals surface area contributed by atoms with Crippen molar-refractivity contribution in [1.82, 2.24) is 4.72 Å². The number of methoxy groups -OCH3 is 1. The van der Waals surface area contributed by atoms with Crippen molar-refractivity contribution in [2.24, 2.45) is 5.92 Å². The van der Waals surface area contributed by atoms with E-state index >= 15 is 0 Å². The summed E-state index contributed by atoms with van der Waals surface area (Å²) >= 11 is 3.30. The molecule has 1 fully saturated rings. The van der Waals surface area contributed by atoms with Gasteiger partial charge in [-0.25, -0.2) is 13.1 Å². The molecule has 112 valence electrons. The van der Waals surface area contributed by atoms with Crippen molar-refractivity contribution < 1.29 is 13.2 Å². The van der Waals surface area contributed by atoms with Crippen LogP contribution in [-0.2, 0) is 10.0 Å². The molecule has 20 heavy (non-hydrogen) atoms. The molecule has 0 unspecified atom stereocenters. The summed E-state index contributed by atoms with van der Waals surface area (Å²) in [6.07, 6.45) is 3.94. The van der Waals surface area contributed by atoms with Crippen LogP contribution in [-0.4, -0.2) is 21.6 Å². The molecule has 1 aliphatic rings. The van der Waals surface area contributed by atoms with Crippen molar-refractivity contribution in [3.05, 3.63) is 22.7 Å². The van der Waals surface area contributed by atoms with Crippen LogP contribution < -0.4 is 9.46 Å². The number of ether oxygens (including phenoxy) is 1. The van der Waals surface area contributed by atoms with E-state index in [9.17, 15) is 8.42 Å². The van der Waals surface area contributed by atoms with Crippen LogP contribution in [0.3, 0.4) is 0 Å².